The van der Waals surface area contributed by atoms with Crippen LogP contribution in [0.4, 0.5) is 0 Å². The minimum Gasteiger partial charge on any atom is -0.327 e. The van der Waals surface area contributed by atoms with E-state index in [0.29, 0.717) is 41.8 Å². The smallest absolute Gasteiger partial charge is 0.266 e. The van der Waals surface area contributed by atoms with Crippen molar-refractivity contribution < 1.29 is 4.79 Å². The highest BCUT2D eigenvalue weighted by molar-refractivity contribution is 5.94. The maximum atomic E-state index is 14.0. The van der Waals surface area contributed by atoms with E-state index in [2.05, 4.69) is 18.7 Å². The third-order valence-corrected chi connectivity index (χ3v) is 7.12. The Kier molecular flexibility index (Phi) is 8.74. The molecule has 0 radical (unpaired) electrons. The number of benzene rings is 3. The first-order valence-corrected chi connectivity index (χ1v) is 13.5. The lowest BCUT2D eigenvalue weighted by molar-refractivity contribution is 0.0644. The van der Waals surface area contributed by atoms with Crippen LogP contribution in [0.15, 0.2) is 77.6 Å². The van der Waals surface area contributed by atoms with Crippen molar-refractivity contribution >= 4 is 16.8 Å². The first-order chi connectivity index (χ1) is 18.4. The third kappa shape index (κ3) is 5.70. The summed E-state index contributed by atoms with van der Waals surface area (Å²) in [6.07, 6.45) is 2.45. The van der Waals surface area contributed by atoms with E-state index < -0.39 is 6.04 Å². The van der Waals surface area contributed by atoms with Gasteiger partial charge in [0.2, 0.25) is 0 Å². The number of aromatic nitrogens is 2. The van der Waals surface area contributed by atoms with Crippen LogP contribution in [0, 0.1) is 0 Å². The van der Waals surface area contributed by atoms with Crippen molar-refractivity contribution in [1.82, 2.24) is 19.4 Å². The molecule has 0 N–H and O–H groups in total. The quantitative estimate of drug-likeness (QED) is 0.276. The van der Waals surface area contributed by atoms with Crippen LogP contribution in [0.1, 0.15) is 60.5 Å². The Balaban J connectivity index is 1.90. The number of fused-ring (bicyclic) bond motifs is 1. The summed E-state index contributed by atoms with van der Waals surface area (Å²) in [5.41, 5.74) is 4.30. The van der Waals surface area contributed by atoms with Gasteiger partial charge < -0.3 is 9.80 Å². The van der Waals surface area contributed by atoms with Gasteiger partial charge in [0.15, 0.2) is 0 Å². The fourth-order valence-corrected chi connectivity index (χ4v) is 4.80. The van der Waals surface area contributed by atoms with E-state index in [1.165, 1.54) is 11.1 Å². The third-order valence-electron chi connectivity index (χ3n) is 7.12. The van der Waals surface area contributed by atoms with Crippen LogP contribution in [-0.2, 0) is 12.8 Å². The number of rotatable bonds is 10. The zero-order valence-corrected chi connectivity index (χ0v) is 23.1. The van der Waals surface area contributed by atoms with E-state index in [0.717, 1.165) is 18.5 Å². The van der Waals surface area contributed by atoms with Crippen LogP contribution in [0.25, 0.3) is 16.6 Å². The molecule has 1 amide bonds. The molecule has 0 spiro atoms. The average Bonchev–Trinajstić information content (AvgIpc) is 2.95. The lowest BCUT2D eigenvalue weighted by Gasteiger charge is -2.33. The highest BCUT2D eigenvalue weighted by Crippen LogP contribution is 2.28. The van der Waals surface area contributed by atoms with Crippen LogP contribution in [0.2, 0.25) is 0 Å². The number of hydrogen-bond acceptors (Lipinski definition) is 4. The van der Waals surface area contributed by atoms with Gasteiger partial charge in [0.1, 0.15) is 5.82 Å². The lowest BCUT2D eigenvalue weighted by Crippen LogP contribution is -2.41. The Morgan fingerprint density at radius 2 is 1.45 bits per heavy atom. The van der Waals surface area contributed by atoms with E-state index in [4.69, 9.17) is 4.98 Å². The predicted molar refractivity (Wildman–Crippen MR) is 155 cm³/mol. The molecule has 0 saturated carbocycles. The highest BCUT2D eigenvalue weighted by atomic mass is 16.2. The number of nitrogens with zero attached hydrogens (tertiary/aromatic N) is 4. The molecule has 0 saturated heterocycles. The van der Waals surface area contributed by atoms with E-state index in [-0.39, 0.29) is 11.5 Å². The van der Waals surface area contributed by atoms with E-state index in [9.17, 15) is 9.59 Å². The zero-order valence-electron chi connectivity index (χ0n) is 23.1. The molecule has 0 aliphatic heterocycles. The van der Waals surface area contributed by atoms with Gasteiger partial charge in [-0.3, -0.25) is 14.2 Å². The standard InChI is InChI=1S/C32H38N4O2/c1-6-23-13-17-25(18-14-23)31(37)35(22-21-34(4)5)29(8-3)30-33-28-12-10-9-11-27(28)32(38)36(30)26-19-15-24(7-2)16-20-26/h9-20,29H,6-8,21-22H2,1-5H3. The molecule has 1 unspecified atom stereocenters. The number of aryl methyl sites for hydroxylation is 2. The SMILES string of the molecule is CCc1ccc(C(=O)N(CCN(C)C)C(CC)c2nc3ccccc3c(=O)n2-c2ccc(CC)cc2)cc1. The van der Waals surface area contributed by atoms with E-state index >= 15 is 0 Å². The maximum absolute atomic E-state index is 14.0. The Hall–Kier alpha value is -3.77. The molecule has 6 nitrogen and oxygen atoms in total. The molecule has 4 aromatic rings. The Morgan fingerprint density at radius 3 is 2.03 bits per heavy atom. The van der Waals surface area contributed by atoms with E-state index in [1.54, 1.807) is 4.57 Å². The molecule has 1 heterocycles. The minimum absolute atomic E-state index is 0.0587. The summed E-state index contributed by atoms with van der Waals surface area (Å²) in [5, 5.41) is 0.562. The molecule has 0 aliphatic carbocycles. The average molecular weight is 511 g/mol. The van der Waals surface area contributed by atoms with Crippen molar-refractivity contribution in [1.29, 1.82) is 0 Å². The second kappa shape index (κ2) is 12.2. The molecule has 1 aromatic heterocycles. The first-order valence-electron chi connectivity index (χ1n) is 13.5. The number of carbonyl (C=O) groups excluding carboxylic acids is 1. The number of amides is 1. The number of hydrogen-bond donors (Lipinski definition) is 0. The molecule has 6 heteroatoms. The van der Waals surface area contributed by atoms with Crippen molar-refractivity contribution in [2.75, 3.05) is 27.2 Å². The first kappa shape index (κ1) is 27.3. The molecule has 1 atom stereocenters. The highest BCUT2D eigenvalue weighted by Gasteiger charge is 2.29. The molecule has 0 fully saturated rings. The lowest BCUT2D eigenvalue weighted by atomic mass is 10.1. The van der Waals surface area contributed by atoms with Gasteiger partial charge in [-0.1, -0.05) is 57.2 Å². The van der Waals surface area contributed by atoms with Gasteiger partial charge in [-0.2, -0.15) is 0 Å². The second-order valence-corrected chi connectivity index (χ2v) is 9.92. The van der Waals surface area contributed by atoms with Crippen LogP contribution in [0.3, 0.4) is 0 Å². The van der Waals surface area contributed by atoms with Crippen molar-refractivity contribution in [3.05, 3.63) is 106 Å². The number of likely N-dealkylation sites (N-methyl/N-ethyl adjacent to an activating group) is 1. The van der Waals surface area contributed by atoms with Crippen LogP contribution >= 0.6 is 0 Å². The van der Waals surface area contributed by atoms with Crippen LogP contribution < -0.4 is 5.56 Å². The van der Waals surface area contributed by atoms with E-state index in [1.807, 2.05) is 98.7 Å². The monoisotopic (exact) mass is 510 g/mol. The number of carbonyl (C=O) groups is 1. The Labute approximate surface area is 225 Å². The van der Waals surface area contributed by atoms with Gasteiger partial charge in [-0.05, 0) is 80.9 Å². The largest absolute Gasteiger partial charge is 0.327 e. The molecular weight excluding hydrogens is 472 g/mol. The number of para-hydroxylation sites is 1. The zero-order chi connectivity index (χ0) is 27.2. The van der Waals surface area contributed by atoms with Crippen molar-refractivity contribution in [3.63, 3.8) is 0 Å². The second-order valence-electron chi connectivity index (χ2n) is 9.92. The van der Waals surface area contributed by atoms with Gasteiger partial charge in [0.05, 0.1) is 22.6 Å². The Bertz CT molecular complexity index is 1440. The van der Waals surface area contributed by atoms with Crippen molar-refractivity contribution in [3.8, 4) is 5.69 Å². The molecular formula is C32H38N4O2. The fourth-order valence-electron chi connectivity index (χ4n) is 4.80. The maximum Gasteiger partial charge on any atom is 0.266 e. The summed E-state index contributed by atoms with van der Waals surface area (Å²) in [4.78, 5) is 36.9. The molecule has 198 valence electrons. The summed E-state index contributed by atoms with van der Waals surface area (Å²) >= 11 is 0. The molecule has 0 bridgehead atoms. The molecule has 4 rings (SSSR count). The summed E-state index contributed by atoms with van der Waals surface area (Å²) in [5.74, 6) is 0.523. The van der Waals surface area contributed by atoms with Crippen LogP contribution in [-0.4, -0.2) is 52.4 Å². The Morgan fingerprint density at radius 1 is 0.842 bits per heavy atom. The van der Waals surface area contributed by atoms with Gasteiger partial charge >= 0.3 is 0 Å². The van der Waals surface area contributed by atoms with Gasteiger partial charge in [0, 0.05) is 18.7 Å². The van der Waals surface area contributed by atoms with Gasteiger partial charge in [-0.25, -0.2) is 4.98 Å². The van der Waals surface area contributed by atoms with Crippen molar-refractivity contribution in [2.24, 2.45) is 0 Å². The summed E-state index contributed by atoms with van der Waals surface area (Å²) in [7, 11) is 4.00. The molecule has 0 aliphatic rings. The molecule has 3 aromatic carbocycles. The summed E-state index contributed by atoms with van der Waals surface area (Å²) < 4.78 is 1.70. The van der Waals surface area contributed by atoms with Crippen LogP contribution in [0.5, 0.6) is 0 Å². The predicted octanol–water partition coefficient (Wildman–Crippen LogP) is 5.67. The fraction of sp³-hybridized carbons (Fsp3) is 0.344. The summed E-state index contributed by atoms with van der Waals surface area (Å²) in [6, 6.07) is 22.9. The normalized spacial score (nSPS) is 12.2. The topological polar surface area (TPSA) is 58.4 Å². The van der Waals surface area contributed by atoms with Gasteiger partial charge in [0.25, 0.3) is 11.5 Å². The summed E-state index contributed by atoms with van der Waals surface area (Å²) in [6.45, 7) is 7.46. The minimum atomic E-state index is -0.392. The van der Waals surface area contributed by atoms with Crippen molar-refractivity contribution in [2.45, 2.75) is 46.1 Å². The van der Waals surface area contributed by atoms with Gasteiger partial charge in [-0.15, -0.1) is 0 Å². The molecule has 38 heavy (non-hydrogen) atoms.